The third-order valence-corrected chi connectivity index (χ3v) is 6.60. The number of hydrogen-bond donors (Lipinski definition) is 2. The highest BCUT2D eigenvalue weighted by molar-refractivity contribution is 5.92. The third kappa shape index (κ3) is 3.54. The maximum atomic E-state index is 12.9. The molecule has 2 N–H and O–H groups in total. The fourth-order valence-corrected chi connectivity index (χ4v) is 5.37. The SMILES string of the molecule is CCCC(=O)NC[C@H]1[C@H]2C[C@H](CN(C(=O)c3ccc[nH]3)C2)[C@@H]2CCCC(=O)N21. The summed E-state index contributed by atoms with van der Waals surface area (Å²) in [6.07, 6.45) is 6.62. The van der Waals surface area contributed by atoms with Crippen LogP contribution in [0.2, 0.25) is 0 Å². The van der Waals surface area contributed by atoms with Crippen LogP contribution < -0.4 is 5.32 Å². The number of aromatic nitrogens is 1. The number of rotatable bonds is 5. The van der Waals surface area contributed by atoms with E-state index in [1.165, 1.54) is 0 Å². The molecule has 3 aliphatic heterocycles. The standard InChI is InChI=1S/C21H30N4O3/c1-2-5-19(26)23-11-18-15-10-14(17-7-3-8-20(27)25(17)18)12-24(13-15)21(28)16-6-4-9-22-16/h4,6,9,14-15,17-18,22H,2-3,5,7-8,10-13H2,1H3,(H,23,26)/t14-,15+,17+,18+/m1/s1. The molecule has 0 radical (unpaired) electrons. The molecule has 152 valence electrons. The minimum Gasteiger partial charge on any atom is -0.357 e. The van der Waals surface area contributed by atoms with Gasteiger partial charge in [0.2, 0.25) is 11.8 Å². The van der Waals surface area contributed by atoms with E-state index < -0.39 is 0 Å². The van der Waals surface area contributed by atoms with Crippen molar-refractivity contribution in [3.8, 4) is 0 Å². The van der Waals surface area contributed by atoms with Gasteiger partial charge in [0.05, 0.1) is 6.04 Å². The Balaban J connectivity index is 1.54. The Bertz CT molecular complexity index is 732. The first-order valence-electron chi connectivity index (χ1n) is 10.6. The summed E-state index contributed by atoms with van der Waals surface area (Å²) in [6, 6.07) is 3.82. The minimum absolute atomic E-state index is 0.0194. The van der Waals surface area contributed by atoms with Crippen LogP contribution in [-0.2, 0) is 9.59 Å². The van der Waals surface area contributed by atoms with Gasteiger partial charge < -0.3 is 20.1 Å². The predicted molar refractivity (Wildman–Crippen MR) is 104 cm³/mol. The lowest BCUT2D eigenvalue weighted by atomic mass is 9.72. The molecule has 7 heteroatoms. The highest BCUT2D eigenvalue weighted by Crippen LogP contribution is 2.41. The molecule has 4 heterocycles. The number of aromatic amines is 1. The van der Waals surface area contributed by atoms with Crippen LogP contribution in [0.15, 0.2) is 18.3 Å². The highest BCUT2D eigenvalue weighted by atomic mass is 16.2. The Morgan fingerprint density at radius 2 is 2.11 bits per heavy atom. The van der Waals surface area contributed by atoms with Gasteiger partial charge in [-0.15, -0.1) is 0 Å². The fraction of sp³-hybridized carbons (Fsp3) is 0.667. The molecule has 0 aliphatic carbocycles. The first kappa shape index (κ1) is 19.0. The Labute approximate surface area is 165 Å². The molecule has 0 saturated carbocycles. The topological polar surface area (TPSA) is 85.5 Å². The van der Waals surface area contributed by atoms with Crippen molar-refractivity contribution in [1.29, 1.82) is 0 Å². The number of piperidine rings is 3. The molecule has 7 nitrogen and oxygen atoms in total. The average Bonchev–Trinajstić information content (AvgIpc) is 3.22. The summed E-state index contributed by atoms with van der Waals surface area (Å²) in [6.45, 7) is 3.82. The number of nitrogens with zero attached hydrogens (tertiary/aromatic N) is 2. The molecule has 2 bridgehead atoms. The van der Waals surface area contributed by atoms with Crippen molar-refractivity contribution in [3.05, 3.63) is 24.0 Å². The van der Waals surface area contributed by atoms with E-state index in [0.717, 1.165) is 25.7 Å². The molecule has 3 amide bonds. The molecule has 0 spiro atoms. The molecule has 1 aromatic heterocycles. The molecular weight excluding hydrogens is 356 g/mol. The van der Waals surface area contributed by atoms with Crippen molar-refractivity contribution >= 4 is 17.7 Å². The van der Waals surface area contributed by atoms with Gasteiger partial charge in [0.1, 0.15) is 5.69 Å². The van der Waals surface area contributed by atoms with E-state index in [1.807, 2.05) is 24.0 Å². The zero-order valence-electron chi connectivity index (χ0n) is 16.5. The van der Waals surface area contributed by atoms with E-state index in [4.69, 9.17) is 0 Å². The molecule has 28 heavy (non-hydrogen) atoms. The average molecular weight is 386 g/mol. The van der Waals surface area contributed by atoms with Crippen molar-refractivity contribution in [1.82, 2.24) is 20.1 Å². The number of H-pyrrole nitrogens is 1. The fourth-order valence-electron chi connectivity index (χ4n) is 5.37. The van der Waals surface area contributed by atoms with Gasteiger partial charge in [0, 0.05) is 44.7 Å². The predicted octanol–water partition coefficient (Wildman–Crippen LogP) is 1.77. The normalized spacial score (nSPS) is 29.4. The molecule has 1 aromatic rings. The van der Waals surface area contributed by atoms with Crippen molar-refractivity contribution < 1.29 is 14.4 Å². The van der Waals surface area contributed by atoms with E-state index in [9.17, 15) is 14.4 Å². The number of likely N-dealkylation sites (tertiary alicyclic amines) is 1. The molecule has 0 aromatic carbocycles. The largest absolute Gasteiger partial charge is 0.357 e. The van der Waals surface area contributed by atoms with Crippen LogP contribution in [0.5, 0.6) is 0 Å². The van der Waals surface area contributed by atoms with Gasteiger partial charge >= 0.3 is 0 Å². The number of fused-ring (bicyclic) bond motifs is 4. The number of amides is 3. The highest BCUT2D eigenvalue weighted by Gasteiger charge is 2.50. The molecule has 0 unspecified atom stereocenters. The van der Waals surface area contributed by atoms with Crippen LogP contribution in [0.25, 0.3) is 0 Å². The van der Waals surface area contributed by atoms with E-state index in [-0.39, 0.29) is 35.7 Å². The van der Waals surface area contributed by atoms with Crippen LogP contribution in [0.4, 0.5) is 0 Å². The number of nitrogens with one attached hydrogen (secondary N) is 2. The van der Waals surface area contributed by atoms with Crippen LogP contribution in [0.3, 0.4) is 0 Å². The van der Waals surface area contributed by atoms with Gasteiger partial charge in [-0.25, -0.2) is 0 Å². The zero-order valence-corrected chi connectivity index (χ0v) is 16.5. The summed E-state index contributed by atoms with van der Waals surface area (Å²) in [5.41, 5.74) is 0.615. The van der Waals surface area contributed by atoms with Gasteiger partial charge in [-0.05, 0) is 49.7 Å². The number of carbonyl (C=O) groups excluding carboxylic acids is 3. The maximum absolute atomic E-state index is 12.9. The zero-order chi connectivity index (χ0) is 19.7. The van der Waals surface area contributed by atoms with Crippen molar-refractivity contribution in [2.24, 2.45) is 11.8 Å². The molecule has 4 atom stereocenters. The van der Waals surface area contributed by atoms with Crippen LogP contribution in [0.1, 0.15) is 55.9 Å². The van der Waals surface area contributed by atoms with Gasteiger partial charge in [-0.1, -0.05) is 6.92 Å². The molecule has 3 aliphatic rings. The Hall–Kier alpha value is -2.31. The number of carbonyl (C=O) groups is 3. The smallest absolute Gasteiger partial charge is 0.270 e. The summed E-state index contributed by atoms with van der Waals surface area (Å²) in [5, 5.41) is 3.04. The lowest BCUT2D eigenvalue weighted by Gasteiger charge is -2.56. The van der Waals surface area contributed by atoms with E-state index in [0.29, 0.717) is 44.1 Å². The maximum Gasteiger partial charge on any atom is 0.270 e. The van der Waals surface area contributed by atoms with Crippen molar-refractivity contribution in [2.75, 3.05) is 19.6 Å². The second-order valence-corrected chi connectivity index (χ2v) is 8.43. The lowest BCUT2D eigenvalue weighted by molar-refractivity contribution is -0.152. The van der Waals surface area contributed by atoms with E-state index >= 15 is 0 Å². The summed E-state index contributed by atoms with van der Waals surface area (Å²) in [7, 11) is 0. The van der Waals surface area contributed by atoms with Gasteiger partial charge in [-0.3, -0.25) is 14.4 Å². The van der Waals surface area contributed by atoms with Crippen LogP contribution >= 0.6 is 0 Å². The summed E-state index contributed by atoms with van der Waals surface area (Å²) < 4.78 is 0. The van der Waals surface area contributed by atoms with E-state index in [1.54, 1.807) is 6.20 Å². The second kappa shape index (κ2) is 7.97. The quantitative estimate of drug-likeness (QED) is 0.809. The van der Waals surface area contributed by atoms with Gasteiger partial charge in [-0.2, -0.15) is 0 Å². The first-order valence-corrected chi connectivity index (χ1v) is 10.6. The van der Waals surface area contributed by atoms with Crippen molar-refractivity contribution in [3.63, 3.8) is 0 Å². The van der Waals surface area contributed by atoms with Crippen LogP contribution in [-0.4, -0.2) is 64.2 Å². The Morgan fingerprint density at radius 3 is 2.86 bits per heavy atom. The second-order valence-electron chi connectivity index (χ2n) is 8.43. The molecular formula is C21H30N4O3. The molecule has 3 saturated heterocycles. The van der Waals surface area contributed by atoms with Crippen LogP contribution in [0, 0.1) is 11.8 Å². The molecule has 3 fully saturated rings. The van der Waals surface area contributed by atoms with Crippen molar-refractivity contribution in [2.45, 2.75) is 57.5 Å². The van der Waals surface area contributed by atoms with Gasteiger partial charge in [0.25, 0.3) is 5.91 Å². The monoisotopic (exact) mass is 386 g/mol. The Morgan fingerprint density at radius 1 is 1.29 bits per heavy atom. The summed E-state index contributed by atoms with van der Waals surface area (Å²) in [5.74, 6) is 0.817. The van der Waals surface area contributed by atoms with Gasteiger partial charge in [0.15, 0.2) is 0 Å². The first-order chi connectivity index (χ1) is 13.6. The molecule has 4 rings (SSSR count). The summed E-state index contributed by atoms with van der Waals surface area (Å²) in [4.78, 5) is 44.8. The van der Waals surface area contributed by atoms with E-state index in [2.05, 4.69) is 15.2 Å². The Kier molecular flexibility index (Phi) is 5.42. The number of hydrogen-bond acceptors (Lipinski definition) is 3. The summed E-state index contributed by atoms with van der Waals surface area (Å²) >= 11 is 0. The minimum atomic E-state index is -0.0194. The lowest BCUT2D eigenvalue weighted by Crippen LogP contribution is -2.67. The third-order valence-electron chi connectivity index (χ3n) is 6.60.